The van der Waals surface area contributed by atoms with Crippen molar-refractivity contribution in [1.82, 2.24) is 9.97 Å². The molecule has 0 saturated heterocycles. The lowest BCUT2D eigenvalue weighted by molar-refractivity contribution is -0.137. The topological polar surface area (TPSA) is 28.7 Å². The van der Waals surface area contributed by atoms with Gasteiger partial charge in [0.1, 0.15) is 0 Å². The Morgan fingerprint density at radius 3 is 2.64 bits per heavy atom. The number of imidazole rings is 1. The van der Waals surface area contributed by atoms with Gasteiger partial charge >= 0.3 is 6.18 Å². The minimum atomic E-state index is -4.31. The Morgan fingerprint density at radius 1 is 1.29 bits per heavy atom. The third kappa shape index (κ3) is 1.25. The van der Waals surface area contributed by atoms with E-state index in [1.54, 1.807) is 0 Å². The van der Waals surface area contributed by atoms with E-state index >= 15 is 0 Å². The zero-order valence-electron chi connectivity index (χ0n) is 7.31. The van der Waals surface area contributed by atoms with E-state index in [1.165, 1.54) is 19.3 Å². The molecule has 0 amide bonds. The van der Waals surface area contributed by atoms with Crippen molar-refractivity contribution in [3.8, 4) is 0 Å². The predicted molar refractivity (Wildman–Crippen MR) is 45.8 cm³/mol. The molecule has 0 unspecified atom stereocenters. The van der Waals surface area contributed by atoms with Crippen molar-refractivity contribution >= 4 is 11.0 Å². The summed E-state index contributed by atoms with van der Waals surface area (Å²) in [6.45, 7) is 1.42. The minimum absolute atomic E-state index is 0.163. The quantitative estimate of drug-likeness (QED) is 0.695. The number of hydrogen-bond donors (Lipinski definition) is 1. The van der Waals surface area contributed by atoms with Crippen molar-refractivity contribution in [2.24, 2.45) is 0 Å². The van der Waals surface area contributed by atoms with Crippen LogP contribution < -0.4 is 0 Å². The monoisotopic (exact) mass is 200 g/mol. The Labute approximate surface area is 77.8 Å². The number of alkyl halides is 3. The van der Waals surface area contributed by atoms with Crippen LogP contribution in [0.2, 0.25) is 0 Å². The van der Waals surface area contributed by atoms with E-state index in [4.69, 9.17) is 0 Å². The van der Waals surface area contributed by atoms with Crippen LogP contribution in [0.25, 0.3) is 11.0 Å². The molecule has 0 bridgehead atoms. The van der Waals surface area contributed by atoms with Gasteiger partial charge in [-0.3, -0.25) is 0 Å². The summed E-state index contributed by atoms with van der Waals surface area (Å²) in [5.41, 5.74) is 0.531. The molecule has 0 spiro atoms. The van der Waals surface area contributed by atoms with Gasteiger partial charge in [-0.1, -0.05) is 0 Å². The summed E-state index contributed by atoms with van der Waals surface area (Å²) < 4.78 is 37.3. The highest BCUT2D eigenvalue weighted by molar-refractivity contribution is 5.79. The van der Waals surface area contributed by atoms with Crippen LogP contribution in [-0.2, 0) is 6.18 Å². The van der Waals surface area contributed by atoms with Crippen molar-refractivity contribution in [2.45, 2.75) is 13.1 Å². The second kappa shape index (κ2) is 2.73. The van der Waals surface area contributed by atoms with Gasteiger partial charge < -0.3 is 4.98 Å². The average Bonchev–Trinajstić information content (AvgIpc) is 2.50. The Kier molecular flexibility index (Phi) is 1.77. The molecule has 2 rings (SSSR count). The summed E-state index contributed by atoms with van der Waals surface area (Å²) in [5.74, 6) is 0. The molecule has 0 aliphatic carbocycles. The fraction of sp³-hybridized carbons (Fsp3) is 0.222. The molecular weight excluding hydrogens is 193 g/mol. The van der Waals surface area contributed by atoms with Crippen LogP contribution in [-0.4, -0.2) is 9.97 Å². The van der Waals surface area contributed by atoms with Crippen molar-refractivity contribution in [2.75, 3.05) is 0 Å². The van der Waals surface area contributed by atoms with Crippen molar-refractivity contribution < 1.29 is 13.2 Å². The van der Waals surface area contributed by atoms with E-state index in [0.717, 1.165) is 6.07 Å². The first-order valence-corrected chi connectivity index (χ1v) is 4.00. The van der Waals surface area contributed by atoms with Gasteiger partial charge in [0.2, 0.25) is 0 Å². The van der Waals surface area contributed by atoms with Crippen LogP contribution in [0, 0.1) is 6.92 Å². The number of aromatic nitrogens is 2. The summed E-state index contributed by atoms with van der Waals surface area (Å²) in [6.07, 6.45) is -2.92. The molecule has 1 heterocycles. The number of hydrogen-bond acceptors (Lipinski definition) is 1. The van der Waals surface area contributed by atoms with Crippen molar-refractivity contribution in [3.05, 3.63) is 29.6 Å². The van der Waals surface area contributed by atoms with E-state index in [-0.39, 0.29) is 5.56 Å². The van der Waals surface area contributed by atoms with Gasteiger partial charge in [0, 0.05) is 0 Å². The molecule has 14 heavy (non-hydrogen) atoms. The highest BCUT2D eigenvalue weighted by Crippen LogP contribution is 2.33. The molecule has 0 radical (unpaired) electrons. The predicted octanol–water partition coefficient (Wildman–Crippen LogP) is 2.89. The summed E-state index contributed by atoms with van der Waals surface area (Å²) >= 11 is 0. The van der Waals surface area contributed by atoms with E-state index < -0.39 is 11.7 Å². The molecule has 1 aromatic carbocycles. The number of nitrogens with one attached hydrogen (secondary N) is 1. The van der Waals surface area contributed by atoms with Crippen LogP contribution in [0.15, 0.2) is 18.5 Å². The van der Waals surface area contributed by atoms with Gasteiger partial charge in [-0.25, -0.2) is 4.98 Å². The van der Waals surface area contributed by atoms with Crippen LogP contribution in [0.4, 0.5) is 13.2 Å². The third-order valence-electron chi connectivity index (χ3n) is 2.15. The van der Waals surface area contributed by atoms with Crippen LogP contribution >= 0.6 is 0 Å². The van der Waals surface area contributed by atoms with Crippen LogP contribution in [0.5, 0.6) is 0 Å². The second-order valence-electron chi connectivity index (χ2n) is 3.03. The van der Waals surface area contributed by atoms with Gasteiger partial charge in [0.25, 0.3) is 0 Å². The molecule has 74 valence electrons. The summed E-state index contributed by atoms with van der Waals surface area (Å²) in [4.78, 5) is 6.60. The largest absolute Gasteiger partial charge is 0.416 e. The molecule has 0 saturated carbocycles. The highest BCUT2D eigenvalue weighted by Gasteiger charge is 2.33. The Hall–Kier alpha value is -1.52. The lowest BCUT2D eigenvalue weighted by atomic mass is 10.1. The first kappa shape index (κ1) is 9.05. The summed E-state index contributed by atoms with van der Waals surface area (Å²) in [7, 11) is 0. The maximum Gasteiger partial charge on any atom is 0.416 e. The smallest absolute Gasteiger partial charge is 0.345 e. The maximum atomic E-state index is 12.4. The Bertz CT molecular complexity index is 470. The molecule has 0 aliphatic rings. The SMILES string of the molecule is Cc1c(C(F)(F)F)ccc2[nH]cnc12. The van der Waals surface area contributed by atoms with Gasteiger partial charge in [-0.05, 0) is 24.6 Å². The number of benzene rings is 1. The lowest BCUT2D eigenvalue weighted by Gasteiger charge is -2.09. The van der Waals surface area contributed by atoms with Gasteiger partial charge in [-0.15, -0.1) is 0 Å². The zero-order chi connectivity index (χ0) is 10.3. The molecule has 2 aromatic rings. The molecule has 1 aromatic heterocycles. The van der Waals surface area contributed by atoms with E-state index in [0.29, 0.717) is 11.0 Å². The highest BCUT2D eigenvalue weighted by atomic mass is 19.4. The van der Waals surface area contributed by atoms with Crippen molar-refractivity contribution in [1.29, 1.82) is 0 Å². The average molecular weight is 200 g/mol. The standard InChI is InChI=1S/C9H7F3N2/c1-5-6(9(10,11)12)2-3-7-8(5)14-4-13-7/h2-4H,1H3,(H,13,14). The lowest BCUT2D eigenvalue weighted by Crippen LogP contribution is -2.07. The molecular formula is C9H7F3N2. The maximum absolute atomic E-state index is 12.4. The van der Waals surface area contributed by atoms with E-state index in [1.807, 2.05) is 0 Å². The Morgan fingerprint density at radius 2 is 2.00 bits per heavy atom. The fourth-order valence-electron chi connectivity index (χ4n) is 1.46. The van der Waals surface area contributed by atoms with E-state index in [2.05, 4.69) is 9.97 Å². The number of aryl methyl sites for hydroxylation is 1. The second-order valence-corrected chi connectivity index (χ2v) is 3.03. The number of fused-ring (bicyclic) bond motifs is 1. The molecule has 5 heteroatoms. The fourth-order valence-corrected chi connectivity index (χ4v) is 1.46. The van der Waals surface area contributed by atoms with Crippen LogP contribution in [0.1, 0.15) is 11.1 Å². The summed E-state index contributed by atoms with van der Waals surface area (Å²) in [5, 5.41) is 0. The summed E-state index contributed by atoms with van der Waals surface area (Å²) in [6, 6.07) is 2.45. The molecule has 0 atom stereocenters. The number of aromatic amines is 1. The van der Waals surface area contributed by atoms with Gasteiger partial charge in [0.15, 0.2) is 0 Å². The minimum Gasteiger partial charge on any atom is -0.345 e. The Balaban J connectivity index is 2.74. The van der Waals surface area contributed by atoms with E-state index in [9.17, 15) is 13.2 Å². The number of H-pyrrole nitrogens is 1. The molecule has 0 aliphatic heterocycles. The molecule has 2 nitrogen and oxygen atoms in total. The van der Waals surface area contributed by atoms with Gasteiger partial charge in [-0.2, -0.15) is 13.2 Å². The van der Waals surface area contributed by atoms with Crippen molar-refractivity contribution in [3.63, 3.8) is 0 Å². The number of rotatable bonds is 0. The zero-order valence-corrected chi connectivity index (χ0v) is 7.31. The molecule has 1 N–H and O–H groups in total. The number of halogens is 3. The third-order valence-corrected chi connectivity index (χ3v) is 2.15. The molecule has 0 fully saturated rings. The van der Waals surface area contributed by atoms with Gasteiger partial charge in [0.05, 0.1) is 22.9 Å². The normalized spacial score (nSPS) is 12.3. The number of nitrogens with zero attached hydrogens (tertiary/aromatic N) is 1. The van der Waals surface area contributed by atoms with Crippen LogP contribution in [0.3, 0.4) is 0 Å². The first-order valence-electron chi connectivity index (χ1n) is 4.00. The first-order chi connectivity index (χ1) is 6.50.